The number of nitrogens with one attached hydrogen (secondary N) is 4. The Morgan fingerprint density at radius 2 is 1.53 bits per heavy atom. The van der Waals surface area contributed by atoms with Gasteiger partial charge in [0.15, 0.2) is 0 Å². The monoisotopic (exact) mass is 550 g/mol. The molecule has 2 rings (SSSR count). The topological polar surface area (TPSA) is 237 Å². The van der Waals surface area contributed by atoms with Gasteiger partial charge in [-0.25, -0.2) is 9.78 Å². The van der Waals surface area contributed by atoms with Gasteiger partial charge in [0, 0.05) is 36.9 Å². The van der Waals surface area contributed by atoms with Crippen LogP contribution in [-0.2, 0) is 36.8 Å². The minimum Gasteiger partial charge on any atom is -0.508 e. The summed E-state index contributed by atoms with van der Waals surface area (Å²) in [6, 6.07) is 0.688. The molecule has 0 fully saturated rings. The third kappa shape index (κ3) is 9.74. The molecule has 1 aromatic carbocycles. The van der Waals surface area contributed by atoms with Crippen LogP contribution in [0.1, 0.15) is 24.1 Å². The van der Waals surface area contributed by atoms with Crippen molar-refractivity contribution in [3.63, 3.8) is 0 Å². The van der Waals surface area contributed by atoms with Crippen LogP contribution in [0.3, 0.4) is 0 Å². The highest BCUT2D eigenvalue weighted by Gasteiger charge is 2.31. The van der Waals surface area contributed by atoms with Crippen molar-refractivity contribution < 1.29 is 39.3 Å². The Balaban J connectivity index is 2.22. The van der Waals surface area contributed by atoms with Crippen LogP contribution >= 0.6 is 12.6 Å². The van der Waals surface area contributed by atoms with Crippen LogP contribution in [0.25, 0.3) is 0 Å². The average Bonchev–Trinajstić information content (AvgIpc) is 3.39. The summed E-state index contributed by atoms with van der Waals surface area (Å²) < 4.78 is 0. The number of aromatic nitrogens is 2. The van der Waals surface area contributed by atoms with Crippen molar-refractivity contribution in [2.75, 3.05) is 5.75 Å². The first-order valence-electron chi connectivity index (χ1n) is 11.5. The standard InChI is InChI=1S/C23H30N6O8S/c24-15(10-38)20(33)27-16(5-6-19(31)32)21(34)28-17(8-13-9-25-11-26-13)22(35)29-18(23(36)37)7-12-1-3-14(30)4-2-12/h1-4,9,11,15-18,30,38H,5-8,10,24H2,(H,25,26)(H,27,33)(H,28,34)(H,29,35)(H,31,32)(H,36,37). The summed E-state index contributed by atoms with van der Waals surface area (Å²) in [6.07, 6.45) is 1.80. The van der Waals surface area contributed by atoms with E-state index in [4.69, 9.17) is 10.8 Å². The second-order valence-corrected chi connectivity index (χ2v) is 8.76. The lowest BCUT2D eigenvalue weighted by molar-refractivity contribution is -0.142. The Bertz CT molecular complexity index is 1110. The fraction of sp³-hybridized carbons (Fsp3) is 0.391. The predicted octanol–water partition coefficient (Wildman–Crippen LogP) is -1.44. The number of phenols is 1. The largest absolute Gasteiger partial charge is 0.508 e. The summed E-state index contributed by atoms with van der Waals surface area (Å²) in [5, 5.41) is 35.3. The van der Waals surface area contributed by atoms with Crippen LogP contribution in [0, 0.1) is 0 Å². The van der Waals surface area contributed by atoms with E-state index < -0.39 is 60.2 Å². The molecular formula is C23H30N6O8S. The van der Waals surface area contributed by atoms with Crippen LogP contribution in [-0.4, -0.2) is 84.9 Å². The molecule has 0 radical (unpaired) electrons. The Hall–Kier alpha value is -4.11. The number of carbonyl (C=O) groups excluding carboxylic acids is 3. The molecule has 0 aliphatic rings. The Morgan fingerprint density at radius 3 is 2.08 bits per heavy atom. The molecule has 0 aliphatic carbocycles. The molecule has 4 unspecified atom stereocenters. The zero-order chi connectivity index (χ0) is 28.2. The van der Waals surface area contributed by atoms with E-state index in [9.17, 15) is 34.2 Å². The number of rotatable bonds is 15. The summed E-state index contributed by atoms with van der Waals surface area (Å²) in [7, 11) is 0. The number of carboxylic acid groups (broad SMARTS) is 2. The molecular weight excluding hydrogens is 520 g/mol. The summed E-state index contributed by atoms with van der Waals surface area (Å²) in [5.74, 6) is -5.01. The minimum absolute atomic E-state index is 0.00753. The predicted molar refractivity (Wildman–Crippen MR) is 136 cm³/mol. The van der Waals surface area contributed by atoms with Gasteiger partial charge in [-0.2, -0.15) is 12.6 Å². The van der Waals surface area contributed by atoms with Gasteiger partial charge < -0.3 is 42.0 Å². The molecule has 0 aliphatic heterocycles. The number of phenolic OH excluding ortho intramolecular Hbond substituents is 1. The summed E-state index contributed by atoms with van der Waals surface area (Å²) in [5.41, 5.74) is 6.61. The SMILES string of the molecule is NC(CS)C(=O)NC(CCC(=O)O)C(=O)NC(Cc1cnc[nH]1)C(=O)NC(Cc1ccc(O)cc1)C(=O)O. The van der Waals surface area contributed by atoms with Crippen molar-refractivity contribution in [1.29, 1.82) is 0 Å². The number of thiol groups is 1. The number of carbonyl (C=O) groups is 5. The third-order valence-corrected chi connectivity index (χ3v) is 5.81. The molecule has 0 spiro atoms. The number of aliphatic carboxylic acids is 2. The van der Waals surface area contributed by atoms with Crippen molar-refractivity contribution in [3.05, 3.63) is 48.0 Å². The maximum absolute atomic E-state index is 13.2. The van der Waals surface area contributed by atoms with E-state index in [-0.39, 0.29) is 30.8 Å². The van der Waals surface area contributed by atoms with Crippen molar-refractivity contribution in [3.8, 4) is 5.75 Å². The Labute approximate surface area is 222 Å². The van der Waals surface area contributed by atoms with Gasteiger partial charge in [-0.15, -0.1) is 0 Å². The molecule has 0 saturated carbocycles. The van der Waals surface area contributed by atoms with Crippen LogP contribution in [0.4, 0.5) is 0 Å². The van der Waals surface area contributed by atoms with Gasteiger partial charge in [0.1, 0.15) is 23.9 Å². The Kier molecular flexibility index (Phi) is 11.6. The van der Waals surface area contributed by atoms with E-state index in [0.717, 1.165) is 0 Å². The molecule has 3 amide bonds. The fourth-order valence-electron chi connectivity index (χ4n) is 3.34. The van der Waals surface area contributed by atoms with E-state index in [1.54, 1.807) is 0 Å². The number of nitrogens with two attached hydrogens (primary N) is 1. The molecule has 1 heterocycles. The maximum atomic E-state index is 13.2. The number of benzene rings is 1. The number of carboxylic acids is 2. The summed E-state index contributed by atoms with van der Waals surface area (Å²) >= 11 is 3.93. The minimum atomic E-state index is -1.37. The first-order chi connectivity index (χ1) is 18.0. The first-order valence-corrected chi connectivity index (χ1v) is 12.1. The highest BCUT2D eigenvalue weighted by atomic mass is 32.1. The van der Waals surface area contributed by atoms with Crippen molar-refractivity contribution >= 4 is 42.3 Å². The first kappa shape index (κ1) is 30.1. The van der Waals surface area contributed by atoms with E-state index in [1.807, 2.05) is 0 Å². The van der Waals surface area contributed by atoms with Crippen LogP contribution in [0.2, 0.25) is 0 Å². The van der Waals surface area contributed by atoms with Gasteiger partial charge in [-0.05, 0) is 24.1 Å². The van der Waals surface area contributed by atoms with E-state index >= 15 is 0 Å². The van der Waals surface area contributed by atoms with Crippen LogP contribution in [0.15, 0.2) is 36.8 Å². The van der Waals surface area contributed by atoms with E-state index in [2.05, 4.69) is 38.5 Å². The van der Waals surface area contributed by atoms with Gasteiger partial charge in [-0.1, -0.05) is 12.1 Å². The number of hydrogen-bond acceptors (Lipinski definition) is 9. The number of nitrogens with zero attached hydrogens (tertiary/aromatic N) is 1. The van der Waals surface area contributed by atoms with E-state index in [0.29, 0.717) is 11.3 Å². The molecule has 9 N–H and O–H groups in total. The van der Waals surface area contributed by atoms with Crippen molar-refractivity contribution in [1.82, 2.24) is 25.9 Å². The number of amides is 3. The highest BCUT2D eigenvalue weighted by Crippen LogP contribution is 2.12. The number of H-pyrrole nitrogens is 1. The molecule has 0 bridgehead atoms. The van der Waals surface area contributed by atoms with Crippen LogP contribution < -0.4 is 21.7 Å². The molecule has 15 heteroatoms. The van der Waals surface area contributed by atoms with Gasteiger partial charge in [0.2, 0.25) is 17.7 Å². The van der Waals surface area contributed by atoms with Crippen LogP contribution in [0.5, 0.6) is 5.75 Å². The summed E-state index contributed by atoms with van der Waals surface area (Å²) in [6.45, 7) is 0. The average molecular weight is 551 g/mol. The summed E-state index contributed by atoms with van der Waals surface area (Å²) in [4.78, 5) is 68.0. The smallest absolute Gasteiger partial charge is 0.326 e. The van der Waals surface area contributed by atoms with Gasteiger partial charge in [0.05, 0.1) is 12.4 Å². The lowest BCUT2D eigenvalue weighted by atomic mass is 10.0. The number of aromatic hydroxyl groups is 1. The zero-order valence-electron chi connectivity index (χ0n) is 20.2. The second kappa shape index (κ2) is 14.6. The molecule has 1 aromatic heterocycles. The molecule has 38 heavy (non-hydrogen) atoms. The third-order valence-electron chi connectivity index (χ3n) is 5.42. The Morgan fingerprint density at radius 1 is 0.921 bits per heavy atom. The normalized spacial score (nSPS) is 13.9. The second-order valence-electron chi connectivity index (χ2n) is 8.39. The van der Waals surface area contributed by atoms with Gasteiger partial charge >= 0.3 is 11.9 Å². The van der Waals surface area contributed by atoms with E-state index in [1.165, 1.54) is 36.8 Å². The lowest BCUT2D eigenvalue weighted by Crippen LogP contribution is -2.58. The highest BCUT2D eigenvalue weighted by molar-refractivity contribution is 7.80. The number of imidazole rings is 1. The molecule has 2 aromatic rings. The zero-order valence-corrected chi connectivity index (χ0v) is 21.1. The number of hydrogen-bond donors (Lipinski definition) is 9. The fourth-order valence-corrected chi connectivity index (χ4v) is 3.50. The maximum Gasteiger partial charge on any atom is 0.326 e. The van der Waals surface area contributed by atoms with Gasteiger partial charge in [0.25, 0.3) is 0 Å². The molecule has 206 valence electrons. The van der Waals surface area contributed by atoms with Gasteiger partial charge in [-0.3, -0.25) is 19.2 Å². The molecule has 14 nitrogen and oxygen atoms in total. The number of aromatic amines is 1. The van der Waals surface area contributed by atoms with Crippen molar-refractivity contribution in [2.45, 2.75) is 49.9 Å². The molecule has 0 saturated heterocycles. The quantitative estimate of drug-likeness (QED) is 0.117. The molecule has 4 atom stereocenters. The lowest BCUT2D eigenvalue weighted by Gasteiger charge is -2.25. The van der Waals surface area contributed by atoms with Crippen molar-refractivity contribution in [2.24, 2.45) is 5.73 Å².